The summed E-state index contributed by atoms with van der Waals surface area (Å²) in [5.41, 5.74) is 0. The van der Waals surface area contributed by atoms with Gasteiger partial charge in [0.1, 0.15) is 5.82 Å². The molecule has 0 radical (unpaired) electrons. The molecule has 0 spiro atoms. The summed E-state index contributed by atoms with van der Waals surface area (Å²) in [5.74, 6) is 0.429. The van der Waals surface area contributed by atoms with E-state index in [2.05, 4.69) is 17.6 Å². The number of nitrogens with one attached hydrogen (secondary N) is 2. The Hall–Kier alpha value is -0.780. The number of benzene rings is 1. The maximum Gasteiger partial charge on any atom is 0.221 e. The van der Waals surface area contributed by atoms with E-state index in [4.69, 9.17) is 0 Å². The van der Waals surface area contributed by atoms with Crippen LogP contribution in [0.5, 0.6) is 0 Å². The number of thioether (sulfide) groups is 1. The van der Waals surface area contributed by atoms with Gasteiger partial charge in [0.2, 0.25) is 5.91 Å². The molecule has 1 aromatic carbocycles. The molecule has 2 atom stereocenters. The van der Waals surface area contributed by atoms with Gasteiger partial charge in [-0.1, -0.05) is 12.1 Å². The average molecular weight is 333 g/mol. The number of halogens is 2. The van der Waals surface area contributed by atoms with Crippen molar-refractivity contribution in [1.29, 1.82) is 0 Å². The van der Waals surface area contributed by atoms with E-state index >= 15 is 0 Å². The maximum absolute atomic E-state index is 13.4. The lowest BCUT2D eigenvalue weighted by Gasteiger charge is -2.30. The summed E-state index contributed by atoms with van der Waals surface area (Å²) in [4.78, 5) is 12.5. The first-order valence-corrected chi connectivity index (χ1v) is 8.05. The average Bonchev–Trinajstić information content (AvgIpc) is 2.43. The topological polar surface area (TPSA) is 41.1 Å². The van der Waals surface area contributed by atoms with Gasteiger partial charge in [-0.3, -0.25) is 4.79 Å². The Morgan fingerprint density at radius 2 is 2.24 bits per heavy atom. The minimum atomic E-state index is -0.219. The van der Waals surface area contributed by atoms with Gasteiger partial charge in [0.05, 0.1) is 0 Å². The highest BCUT2D eigenvalue weighted by Gasteiger charge is 2.21. The molecular formula is C15H22ClFN2OS. The number of carbonyl (C=O) groups is 1. The fourth-order valence-electron chi connectivity index (χ4n) is 2.34. The molecule has 1 amide bonds. The second-order valence-corrected chi connectivity index (χ2v) is 6.22. The third-order valence-electron chi connectivity index (χ3n) is 3.53. The van der Waals surface area contributed by atoms with Gasteiger partial charge in [0.25, 0.3) is 0 Å². The third kappa shape index (κ3) is 5.85. The number of rotatable bonds is 5. The van der Waals surface area contributed by atoms with Gasteiger partial charge in [0, 0.05) is 29.2 Å². The van der Waals surface area contributed by atoms with Crippen LogP contribution in [0, 0.1) is 5.82 Å². The first-order valence-electron chi connectivity index (χ1n) is 7.07. The summed E-state index contributed by atoms with van der Waals surface area (Å²) in [7, 11) is 0. The Morgan fingerprint density at radius 3 is 2.95 bits per heavy atom. The molecule has 2 N–H and O–H groups in total. The SMILES string of the molecule is CC1NCCCC1NC(=O)CCSc1ccccc1F.Cl. The highest BCUT2D eigenvalue weighted by molar-refractivity contribution is 7.99. The van der Waals surface area contributed by atoms with Gasteiger partial charge >= 0.3 is 0 Å². The molecule has 3 nitrogen and oxygen atoms in total. The summed E-state index contributed by atoms with van der Waals surface area (Å²) in [6, 6.07) is 7.20. The molecule has 1 fully saturated rings. The van der Waals surface area contributed by atoms with E-state index in [1.54, 1.807) is 18.2 Å². The Balaban J connectivity index is 0.00000220. The second-order valence-electron chi connectivity index (χ2n) is 5.09. The summed E-state index contributed by atoms with van der Waals surface area (Å²) in [5, 5.41) is 6.42. The lowest BCUT2D eigenvalue weighted by molar-refractivity contribution is -0.121. The Morgan fingerprint density at radius 1 is 1.48 bits per heavy atom. The maximum atomic E-state index is 13.4. The van der Waals surface area contributed by atoms with Crippen LogP contribution in [-0.2, 0) is 4.79 Å². The van der Waals surface area contributed by atoms with E-state index < -0.39 is 0 Å². The van der Waals surface area contributed by atoms with Crippen LogP contribution in [0.1, 0.15) is 26.2 Å². The normalized spacial score (nSPS) is 21.4. The Labute approximate surface area is 135 Å². The molecule has 1 aliphatic rings. The molecule has 2 rings (SSSR count). The van der Waals surface area contributed by atoms with E-state index in [0.29, 0.717) is 23.1 Å². The fraction of sp³-hybridized carbons (Fsp3) is 0.533. The zero-order valence-electron chi connectivity index (χ0n) is 12.1. The molecule has 0 aromatic heterocycles. The van der Waals surface area contributed by atoms with Crippen LogP contribution in [0.25, 0.3) is 0 Å². The molecule has 0 saturated carbocycles. The largest absolute Gasteiger partial charge is 0.352 e. The van der Waals surface area contributed by atoms with E-state index in [1.165, 1.54) is 17.8 Å². The first kappa shape index (κ1) is 18.3. The van der Waals surface area contributed by atoms with Crippen LogP contribution in [0.4, 0.5) is 4.39 Å². The molecule has 6 heteroatoms. The van der Waals surface area contributed by atoms with Crippen molar-refractivity contribution < 1.29 is 9.18 Å². The monoisotopic (exact) mass is 332 g/mol. The molecule has 0 aliphatic carbocycles. The number of hydrogen-bond donors (Lipinski definition) is 2. The zero-order valence-corrected chi connectivity index (χ0v) is 13.7. The van der Waals surface area contributed by atoms with Gasteiger partial charge in [-0.2, -0.15) is 0 Å². The standard InChI is InChI=1S/C15H21FN2OS.ClH/c1-11-13(6-4-9-17-11)18-15(19)8-10-20-14-7-3-2-5-12(14)16;/h2-3,5,7,11,13,17H,4,6,8-10H2,1H3,(H,18,19);1H. The lowest BCUT2D eigenvalue weighted by atomic mass is 10.00. The van der Waals surface area contributed by atoms with Crippen LogP contribution in [0.3, 0.4) is 0 Å². The number of hydrogen-bond acceptors (Lipinski definition) is 3. The predicted octanol–water partition coefficient (Wildman–Crippen LogP) is 2.99. The highest BCUT2D eigenvalue weighted by Crippen LogP contribution is 2.21. The van der Waals surface area contributed by atoms with Crippen molar-refractivity contribution in [3.8, 4) is 0 Å². The number of piperidine rings is 1. The molecule has 1 aliphatic heterocycles. The van der Waals surface area contributed by atoms with Crippen molar-refractivity contribution in [2.24, 2.45) is 0 Å². The molecule has 1 heterocycles. The van der Waals surface area contributed by atoms with Gasteiger partial charge in [0.15, 0.2) is 0 Å². The third-order valence-corrected chi connectivity index (χ3v) is 4.58. The van der Waals surface area contributed by atoms with Crippen LogP contribution in [0.15, 0.2) is 29.2 Å². The van der Waals surface area contributed by atoms with E-state index in [0.717, 1.165) is 19.4 Å². The zero-order chi connectivity index (χ0) is 14.4. The van der Waals surface area contributed by atoms with Crippen LogP contribution < -0.4 is 10.6 Å². The molecule has 1 aromatic rings. The molecule has 1 saturated heterocycles. The quantitative estimate of drug-likeness (QED) is 0.814. The van der Waals surface area contributed by atoms with E-state index in [9.17, 15) is 9.18 Å². The van der Waals surface area contributed by atoms with Gasteiger partial charge < -0.3 is 10.6 Å². The van der Waals surface area contributed by atoms with Crippen molar-refractivity contribution in [3.05, 3.63) is 30.1 Å². The van der Waals surface area contributed by atoms with Crippen LogP contribution >= 0.6 is 24.2 Å². The molecule has 21 heavy (non-hydrogen) atoms. The molecular weight excluding hydrogens is 311 g/mol. The molecule has 0 bridgehead atoms. The van der Waals surface area contributed by atoms with Gasteiger partial charge in [-0.25, -0.2) is 4.39 Å². The summed E-state index contributed by atoms with van der Waals surface area (Å²) < 4.78 is 13.4. The number of amides is 1. The van der Waals surface area contributed by atoms with Crippen molar-refractivity contribution in [2.45, 2.75) is 43.2 Å². The Bertz CT molecular complexity index is 461. The van der Waals surface area contributed by atoms with E-state index in [-0.39, 0.29) is 30.2 Å². The minimum Gasteiger partial charge on any atom is -0.352 e. The molecule has 118 valence electrons. The van der Waals surface area contributed by atoms with Gasteiger partial charge in [-0.15, -0.1) is 24.2 Å². The highest BCUT2D eigenvalue weighted by atomic mass is 35.5. The fourth-order valence-corrected chi connectivity index (χ4v) is 3.22. The number of carbonyl (C=O) groups excluding carboxylic acids is 1. The van der Waals surface area contributed by atoms with Crippen LogP contribution in [0.2, 0.25) is 0 Å². The van der Waals surface area contributed by atoms with Crippen molar-refractivity contribution in [1.82, 2.24) is 10.6 Å². The van der Waals surface area contributed by atoms with E-state index in [1.807, 2.05) is 0 Å². The van der Waals surface area contributed by atoms with Crippen molar-refractivity contribution in [2.75, 3.05) is 12.3 Å². The molecule has 2 unspecified atom stereocenters. The van der Waals surface area contributed by atoms with Gasteiger partial charge in [-0.05, 0) is 38.4 Å². The van der Waals surface area contributed by atoms with Crippen LogP contribution in [-0.4, -0.2) is 30.3 Å². The second kappa shape index (κ2) is 9.28. The van der Waals surface area contributed by atoms with Crippen molar-refractivity contribution in [3.63, 3.8) is 0 Å². The summed E-state index contributed by atoms with van der Waals surface area (Å²) >= 11 is 1.39. The Kier molecular flexibility index (Phi) is 8.07. The predicted molar refractivity (Wildman–Crippen MR) is 87.6 cm³/mol. The smallest absolute Gasteiger partial charge is 0.221 e. The lowest BCUT2D eigenvalue weighted by Crippen LogP contribution is -2.51. The summed E-state index contributed by atoms with van der Waals surface area (Å²) in [6.45, 7) is 3.12. The van der Waals surface area contributed by atoms with Crippen molar-refractivity contribution >= 4 is 30.1 Å². The minimum absolute atomic E-state index is 0. The first-order chi connectivity index (χ1) is 9.66. The summed E-state index contributed by atoms with van der Waals surface area (Å²) in [6.07, 6.45) is 2.54.